The fourth-order valence-corrected chi connectivity index (χ4v) is 3.53. The third-order valence-electron chi connectivity index (χ3n) is 5.01. The van der Waals surface area contributed by atoms with Gasteiger partial charge >= 0.3 is 12.1 Å². The molecule has 1 N–H and O–H groups in total. The van der Waals surface area contributed by atoms with E-state index in [0.29, 0.717) is 11.6 Å². The van der Waals surface area contributed by atoms with Crippen LogP contribution in [0.2, 0.25) is 5.02 Å². The average molecular weight is 524 g/mol. The van der Waals surface area contributed by atoms with E-state index in [1.807, 2.05) is 0 Å². The summed E-state index contributed by atoms with van der Waals surface area (Å²) in [6.07, 6.45) is -6.22. The van der Waals surface area contributed by atoms with E-state index in [4.69, 9.17) is 30.5 Å². The molecule has 0 bridgehead atoms. The predicted molar refractivity (Wildman–Crippen MR) is 126 cm³/mol. The highest BCUT2D eigenvalue weighted by Crippen LogP contribution is 2.39. The Kier molecular flexibility index (Phi) is 8.31. The highest BCUT2D eigenvalue weighted by Gasteiger charge is 2.34. The summed E-state index contributed by atoms with van der Waals surface area (Å²) in [4.78, 5) is 26.1. The summed E-state index contributed by atoms with van der Waals surface area (Å²) in [6, 6.07) is 13.6. The first kappa shape index (κ1) is 26.7. The fourth-order valence-electron chi connectivity index (χ4n) is 3.30. The van der Waals surface area contributed by atoms with E-state index in [9.17, 15) is 22.8 Å². The number of benzene rings is 3. The quantitative estimate of drug-likeness (QED) is 0.369. The van der Waals surface area contributed by atoms with Gasteiger partial charge in [0.25, 0.3) is 5.91 Å². The van der Waals surface area contributed by atoms with Crippen LogP contribution in [0.25, 0.3) is 0 Å². The van der Waals surface area contributed by atoms with Gasteiger partial charge in [-0.05, 0) is 30.3 Å². The molecule has 0 spiro atoms. The Morgan fingerprint density at radius 2 is 1.50 bits per heavy atom. The van der Waals surface area contributed by atoms with Crippen LogP contribution in [-0.2, 0) is 15.7 Å². The molecule has 3 aromatic carbocycles. The molecule has 0 aliphatic rings. The minimum Gasteiger partial charge on any atom is -0.493 e. The predicted octanol–water partition coefficient (Wildman–Crippen LogP) is 5.92. The van der Waals surface area contributed by atoms with Crippen LogP contribution >= 0.6 is 11.6 Å². The van der Waals surface area contributed by atoms with Crippen LogP contribution in [0.5, 0.6) is 17.2 Å². The van der Waals surface area contributed by atoms with E-state index in [0.717, 1.165) is 6.07 Å². The monoisotopic (exact) mass is 523 g/mol. The SMILES string of the molecule is COc1cc(C(=O)O[C@@H](C(=O)Nc2ccc(Cl)c(C(F)(F)F)c2)c2ccccc2)cc(OC)c1OC. The summed E-state index contributed by atoms with van der Waals surface area (Å²) < 4.78 is 60.9. The lowest BCUT2D eigenvalue weighted by molar-refractivity contribution is -0.137. The van der Waals surface area contributed by atoms with Crippen LogP contribution < -0.4 is 19.5 Å². The van der Waals surface area contributed by atoms with Crippen LogP contribution in [0.3, 0.4) is 0 Å². The standard InChI is InChI=1S/C25H21ClF3NO6/c1-33-19-11-15(12-20(34-2)22(19)35-3)24(32)36-21(14-7-5-4-6-8-14)23(31)30-16-9-10-18(26)17(13-16)25(27,28)29/h4-13,21H,1-3H3,(H,30,31)/t21-/m1/s1. The molecule has 0 saturated heterocycles. The van der Waals surface area contributed by atoms with E-state index >= 15 is 0 Å². The molecule has 7 nitrogen and oxygen atoms in total. The van der Waals surface area contributed by atoms with Crippen molar-refractivity contribution in [2.24, 2.45) is 0 Å². The molecule has 0 heterocycles. The number of nitrogens with one attached hydrogen (secondary N) is 1. The highest BCUT2D eigenvalue weighted by molar-refractivity contribution is 6.31. The number of esters is 1. The molecule has 0 aromatic heterocycles. The molecule has 1 amide bonds. The van der Waals surface area contributed by atoms with Crippen molar-refractivity contribution in [3.05, 3.63) is 82.4 Å². The van der Waals surface area contributed by atoms with Crippen molar-refractivity contribution in [3.8, 4) is 17.2 Å². The van der Waals surface area contributed by atoms with Crippen molar-refractivity contribution < 1.29 is 41.7 Å². The van der Waals surface area contributed by atoms with Crippen molar-refractivity contribution in [2.45, 2.75) is 12.3 Å². The molecular weight excluding hydrogens is 503 g/mol. The lowest BCUT2D eigenvalue weighted by Gasteiger charge is -2.20. The summed E-state index contributed by atoms with van der Waals surface area (Å²) in [5.74, 6) is -1.17. The summed E-state index contributed by atoms with van der Waals surface area (Å²) >= 11 is 5.65. The minimum absolute atomic E-state index is 0.0101. The van der Waals surface area contributed by atoms with Crippen molar-refractivity contribution >= 4 is 29.2 Å². The smallest absolute Gasteiger partial charge is 0.417 e. The number of ether oxygens (including phenoxy) is 4. The van der Waals surface area contributed by atoms with Gasteiger partial charge in [-0.3, -0.25) is 4.79 Å². The second-order valence-electron chi connectivity index (χ2n) is 7.29. The molecule has 0 radical (unpaired) electrons. The number of halogens is 4. The first-order chi connectivity index (χ1) is 17.1. The van der Waals surface area contributed by atoms with Crippen molar-refractivity contribution in [1.82, 2.24) is 0 Å². The first-order valence-corrected chi connectivity index (χ1v) is 10.7. The van der Waals surface area contributed by atoms with Gasteiger partial charge in [-0.25, -0.2) is 4.79 Å². The Morgan fingerprint density at radius 1 is 0.889 bits per heavy atom. The zero-order valence-electron chi connectivity index (χ0n) is 19.3. The maximum atomic E-state index is 13.2. The summed E-state index contributed by atoms with van der Waals surface area (Å²) in [5, 5.41) is 1.84. The minimum atomic E-state index is -4.73. The number of anilines is 1. The van der Waals surface area contributed by atoms with Crippen LogP contribution in [0.1, 0.15) is 27.6 Å². The summed E-state index contributed by atoms with van der Waals surface area (Å²) in [6.45, 7) is 0. The largest absolute Gasteiger partial charge is 0.493 e. The van der Waals surface area contributed by atoms with Crippen molar-refractivity contribution in [1.29, 1.82) is 0 Å². The Hall–Kier alpha value is -3.92. The second kappa shape index (κ2) is 11.2. The number of carbonyl (C=O) groups is 2. The molecule has 190 valence electrons. The summed E-state index contributed by atoms with van der Waals surface area (Å²) in [5.41, 5.74) is -1.01. The van der Waals surface area contributed by atoms with E-state index in [1.54, 1.807) is 18.2 Å². The van der Waals surface area contributed by atoms with E-state index in [-0.39, 0.29) is 28.5 Å². The van der Waals surface area contributed by atoms with Gasteiger partial charge in [0.1, 0.15) is 0 Å². The lowest BCUT2D eigenvalue weighted by Crippen LogP contribution is -2.26. The number of hydrogen-bond donors (Lipinski definition) is 1. The number of amides is 1. The molecule has 0 aliphatic heterocycles. The second-order valence-corrected chi connectivity index (χ2v) is 7.70. The van der Waals surface area contributed by atoms with E-state index in [2.05, 4.69) is 5.32 Å². The Labute approximate surface area is 209 Å². The zero-order valence-corrected chi connectivity index (χ0v) is 20.1. The maximum Gasteiger partial charge on any atom is 0.417 e. The number of rotatable bonds is 8. The molecule has 36 heavy (non-hydrogen) atoms. The third-order valence-corrected chi connectivity index (χ3v) is 5.33. The molecule has 0 aliphatic carbocycles. The number of hydrogen-bond acceptors (Lipinski definition) is 6. The van der Waals surface area contributed by atoms with Gasteiger partial charge in [0.05, 0.1) is 37.5 Å². The molecule has 11 heteroatoms. The average Bonchev–Trinajstić information content (AvgIpc) is 2.86. The molecule has 1 atom stereocenters. The van der Waals surface area contributed by atoms with Crippen molar-refractivity contribution in [2.75, 3.05) is 26.6 Å². The van der Waals surface area contributed by atoms with Gasteiger partial charge in [-0.2, -0.15) is 13.2 Å². The number of carbonyl (C=O) groups excluding carboxylic acids is 2. The van der Waals surface area contributed by atoms with E-state index in [1.165, 1.54) is 51.7 Å². The normalized spacial score (nSPS) is 11.9. The van der Waals surface area contributed by atoms with Crippen LogP contribution in [-0.4, -0.2) is 33.2 Å². The van der Waals surface area contributed by atoms with Gasteiger partial charge in [0, 0.05) is 11.3 Å². The highest BCUT2D eigenvalue weighted by atomic mass is 35.5. The Balaban J connectivity index is 1.94. The topological polar surface area (TPSA) is 83.1 Å². The van der Waals surface area contributed by atoms with Crippen LogP contribution in [0.15, 0.2) is 60.7 Å². The zero-order chi connectivity index (χ0) is 26.5. The van der Waals surface area contributed by atoms with Gasteiger partial charge in [0.15, 0.2) is 11.5 Å². The summed E-state index contributed by atoms with van der Waals surface area (Å²) in [7, 11) is 4.14. The number of alkyl halides is 3. The first-order valence-electron chi connectivity index (χ1n) is 10.3. The van der Waals surface area contributed by atoms with Gasteiger partial charge < -0.3 is 24.3 Å². The van der Waals surface area contributed by atoms with Gasteiger partial charge in [0.2, 0.25) is 11.9 Å². The molecule has 0 saturated carbocycles. The van der Waals surface area contributed by atoms with Gasteiger partial charge in [-0.15, -0.1) is 0 Å². The maximum absolute atomic E-state index is 13.2. The lowest BCUT2D eigenvalue weighted by atomic mass is 10.1. The molecule has 3 rings (SSSR count). The van der Waals surface area contributed by atoms with Crippen molar-refractivity contribution in [3.63, 3.8) is 0 Å². The molecule has 0 unspecified atom stereocenters. The van der Waals surface area contributed by atoms with Crippen LogP contribution in [0.4, 0.5) is 18.9 Å². The number of methoxy groups -OCH3 is 3. The van der Waals surface area contributed by atoms with E-state index < -0.39 is 34.7 Å². The fraction of sp³-hybridized carbons (Fsp3) is 0.200. The molecular formula is C25H21ClF3NO6. The Bertz CT molecular complexity index is 1230. The Morgan fingerprint density at radius 3 is 2.03 bits per heavy atom. The molecule has 3 aromatic rings. The van der Waals surface area contributed by atoms with Gasteiger partial charge in [-0.1, -0.05) is 41.9 Å². The molecule has 0 fully saturated rings. The third kappa shape index (κ3) is 6.01. The van der Waals surface area contributed by atoms with Crippen LogP contribution in [0, 0.1) is 0 Å².